The molecule has 208 valence electrons. The molecule has 0 spiro atoms. The smallest absolute Gasteiger partial charge is 0.338 e. The Morgan fingerprint density at radius 3 is 2.28 bits per heavy atom. The van der Waals surface area contributed by atoms with Crippen molar-refractivity contribution in [2.24, 2.45) is 4.99 Å². The zero-order valence-electron chi connectivity index (χ0n) is 22.9. The second-order valence-electron chi connectivity index (χ2n) is 9.83. The summed E-state index contributed by atoms with van der Waals surface area (Å²) in [6.45, 7) is 8.62. The minimum Gasteiger partial charge on any atom is -0.459 e. The molecule has 0 unspecified atom stereocenters. The van der Waals surface area contributed by atoms with Crippen LogP contribution >= 0.6 is 0 Å². The van der Waals surface area contributed by atoms with Crippen LogP contribution in [-0.2, 0) is 19.0 Å². The molecule has 1 amide bonds. The van der Waals surface area contributed by atoms with Crippen molar-refractivity contribution in [1.29, 1.82) is 0 Å². The molecule has 0 aromatic heterocycles. The van der Waals surface area contributed by atoms with Gasteiger partial charge in [-0.1, -0.05) is 43.3 Å². The third-order valence-corrected chi connectivity index (χ3v) is 6.79. The number of rotatable bonds is 8. The Hall–Kier alpha value is -3.76. The van der Waals surface area contributed by atoms with Crippen LogP contribution < -0.4 is 5.32 Å². The number of aliphatic imine (C=N–C) groups is 1. The number of aryl methyl sites for hydroxylation is 2. The number of esters is 2. The number of ether oxygens (including phenoxy) is 3. The number of carbonyl (C=O) groups excluding carboxylic acids is 3. The summed E-state index contributed by atoms with van der Waals surface area (Å²) in [6.07, 6.45) is -0.464. The molecule has 2 aliphatic rings. The predicted octanol–water partition coefficient (Wildman–Crippen LogP) is 3.24. The number of carbonyl (C=O) groups is 3. The Balaban J connectivity index is 1.49. The number of nitrogens with one attached hydrogen (secondary N) is 1. The average molecular weight is 537 g/mol. The van der Waals surface area contributed by atoms with Crippen LogP contribution in [0.3, 0.4) is 0 Å². The van der Waals surface area contributed by atoms with Crippen molar-refractivity contribution in [3.63, 3.8) is 0 Å². The minimum absolute atomic E-state index is 0.0672. The van der Waals surface area contributed by atoms with E-state index < -0.39 is 30.4 Å². The third kappa shape index (κ3) is 7.01. The second-order valence-corrected chi connectivity index (χ2v) is 9.83. The molecule has 1 saturated heterocycles. The van der Waals surface area contributed by atoms with Gasteiger partial charge in [0, 0.05) is 19.9 Å². The third-order valence-electron chi connectivity index (χ3n) is 6.79. The van der Waals surface area contributed by atoms with Gasteiger partial charge in [0.1, 0.15) is 25.0 Å². The van der Waals surface area contributed by atoms with Crippen molar-refractivity contribution in [2.75, 3.05) is 26.5 Å². The summed E-state index contributed by atoms with van der Waals surface area (Å²) < 4.78 is 17.9. The van der Waals surface area contributed by atoms with Crippen LogP contribution in [0.25, 0.3) is 0 Å². The van der Waals surface area contributed by atoms with Crippen molar-refractivity contribution in [3.05, 3.63) is 70.8 Å². The van der Waals surface area contributed by atoms with Gasteiger partial charge in [-0.2, -0.15) is 0 Å². The second kappa shape index (κ2) is 12.9. The van der Waals surface area contributed by atoms with Crippen LogP contribution in [0.15, 0.2) is 53.5 Å². The van der Waals surface area contributed by atoms with Gasteiger partial charge in [0.25, 0.3) is 0 Å². The quantitative estimate of drug-likeness (QED) is 0.512. The van der Waals surface area contributed by atoms with Gasteiger partial charge in [-0.15, -0.1) is 0 Å². The lowest BCUT2D eigenvalue weighted by atomic mass is 10.1. The van der Waals surface area contributed by atoms with Gasteiger partial charge >= 0.3 is 11.9 Å². The zero-order chi connectivity index (χ0) is 27.9. The van der Waals surface area contributed by atoms with E-state index >= 15 is 0 Å². The van der Waals surface area contributed by atoms with Crippen LogP contribution in [0.2, 0.25) is 0 Å². The zero-order valence-corrected chi connectivity index (χ0v) is 22.9. The molecule has 0 aliphatic carbocycles. The fourth-order valence-corrected chi connectivity index (χ4v) is 4.74. The number of nitrogens with zero attached hydrogens (tertiary/aromatic N) is 3. The summed E-state index contributed by atoms with van der Waals surface area (Å²) >= 11 is 0. The molecular weight excluding hydrogens is 500 g/mol. The molecule has 4 rings (SSSR count). The molecule has 0 saturated carbocycles. The summed E-state index contributed by atoms with van der Waals surface area (Å²) in [5.41, 5.74) is 2.58. The number of hydrogen-bond acceptors (Lipinski definition) is 9. The maximum absolute atomic E-state index is 13.1. The lowest BCUT2D eigenvalue weighted by Gasteiger charge is -2.38. The first-order valence-corrected chi connectivity index (χ1v) is 13.2. The van der Waals surface area contributed by atoms with Gasteiger partial charge in [0.15, 0.2) is 0 Å². The van der Waals surface area contributed by atoms with Crippen molar-refractivity contribution in [2.45, 2.75) is 59.0 Å². The summed E-state index contributed by atoms with van der Waals surface area (Å²) in [7, 11) is 0. The van der Waals surface area contributed by atoms with E-state index in [1.807, 2.05) is 47.9 Å². The predicted molar refractivity (Wildman–Crippen MR) is 145 cm³/mol. The minimum atomic E-state index is -0.656. The average Bonchev–Trinajstić information content (AvgIpc) is 3.31. The molecule has 2 heterocycles. The van der Waals surface area contributed by atoms with Gasteiger partial charge in [-0.05, 0) is 43.5 Å². The van der Waals surface area contributed by atoms with Gasteiger partial charge < -0.3 is 19.1 Å². The van der Waals surface area contributed by atoms with Crippen LogP contribution in [0, 0.1) is 13.8 Å². The Morgan fingerprint density at radius 1 is 1.03 bits per heavy atom. The van der Waals surface area contributed by atoms with E-state index in [1.54, 1.807) is 24.3 Å². The van der Waals surface area contributed by atoms with Gasteiger partial charge in [-0.25, -0.2) is 19.5 Å². The molecule has 3 atom stereocenters. The van der Waals surface area contributed by atoms with Gasteiger partial charge in [0.05, 0.1) is 24.5 Å². The molecule has 39 heavy (non-hydrogen) atoms. The first kappa shape index (κ1) is 28.3. The molecular formula is C29H36N4O6. The molecule has 2 aliphatic heterocycles. The molecule has 2 aromatic carbocycles. The highest BCUT2D eigenvalue weighted by atomic mass is 16.6. The Kier molecular flexibility index (Phi) is 9.32. The Morgan fingerprint density at radius 2 is 1.67 bits per heavy atom. The van der Waals surface area contributed by atoms with E-state index in [-0.39, 0.29) is 12.5 Å². The van der Waals surface area contributed by atoms with E-state index in [1.165, 1.54) is 6.92 Å². The van der Waals surface area contributed by atoms with Gasteiger partial charge in [0.2, 0.25) is 11.9 Å². The fraction of sp³-hybridized carbons (Fsp3) is 0.448. The van der Waals surface area contributed by atoms with E-state index in [0.717, 1.165) is 17.5 Å². The molecule has 1 fully saturated rings. The largest absolute Gasteiger partial charge is 0.459 e. The molecule has 10 nitrogen and oxygen atoms in total. The van der Waals surface area contributed by atoms with Crippen LogP contribution in [0.4, 0.5) is 0 Å². The standard InChI is InChI=1S/C29H36N4O6/c1-5-14-32-18-33(17-30-29(32)31-21(4)34)26-15-24(39-28(36)23-13-9-7-11-20(23)3)25(38-26)16-37-27(35)22-12-8-6-10-19(22)2/h6-13,24-26H,5,14-18H2,1-4H3,(H,30,31,34)/t24-,25+,26+/m0/s1. The highest BCUT2D eigenvalue weighted by Crippen LogP contribution is 2.29. The van der Waals surface area contributed by atoms with Crippen molar-refractivity contribution in [3.8, 4) is 0 Å². The van der Waals surface area contributed by atoms with E-state index in [9.17, 15) is 14.4 Å². The molecule has 10 heteroatoms. The highest BCUT2D eigenvalue weighted by molar-refractivity contribution is 5.96. The van der Waals surface area contributed by atoms with E-state index in [2.05, 4.69) is 17.2 Å². The van der Waals surface area contributed by atoms with Gasteiger partial charge in [-0.3, -0.25) is 10.1 Å². The lowest BCUT2D eigenvalue weighted by molar-refractivity contribution is -0.118. The van der Waals surface area contributed by atoms with Crippen LogP contribution in [0.1, 0.15) is 58.5 Å². The number of amides is 1. The molecule has 2 aromatic rings. The molecule has 1 N–H and O–H groups in total. The number of guanidine groups is 1. The van der Waals surface area contributed by atoms with Crippen LogP contribution in [0.5, 0.6) is 0 Å². The first-order chi connectivity index (χ1) is 18.8. The number of benzene rings is 2. The fourth-order valence-electron chi connectivity index (χ4n) is 4.74. The van der Waals surface area contributed by atoms with Crippen LogP contribution in [-0.4, -0.2) is 78.5 Å². The Labute approximate surface area is 228 Å². The topological polar surface area (TPSA) is 110 Å². The summed E-state index contributed by atoms with van der Waals surface area (Å²) in [4.78, 5) is 46.0. The Bertz CT molecular complexity index is 1230. The summed E-state index contributed by atoms with van der Waals surface area (Å²) in [5.74, 6) is -0.556. The molecule has 0 bridgehead atoms. The molecule has 0 radical (unpaired) electrons. The summed E-state index contributed by atoms with van der Waals surface area (Å²) in [6, 6.07) is 14.4. The van der Waals surface area contributed by atoms with Crippen molar-refractivity contribution < 1.29 is 28.6 Å². The number of hydrogen-bond donors (Lipinski definition) is 1. The normalized spacial score (nSPS) is 21.3. The maximum Gasteiger partial charge on any atom is 0.338 e. The monoisotopic (exact) mass is 536 g/mol. The van der Waals surface area contributed by atoms with E-state index in [0.29, 0.717) is 43.4 Å². The maximum atomic E-state index is 13.1. The lowest BCUT2D eigenvalue weighted by Crippen LogP contribution is -2.55. The van der Waals surface area contributed by atoms with Crippen molar-refractivity contribution >= 4 is 23.8 Å². The van der Waals surface area contributed by atoms with E-state index in [4.69, 9.17) is 14.2 Å². The SMILES string of the molecule is CCCN1CN([C@H]2C[C@H](OC(=O)c3ccccc3C)[C@@H](COC(=O)c3ccccc3C)O2)CN=C1NC(C)=O. The summed E-state index contributed by atoms with van der Waals surface area (Å²) in [5, 5.41) is 2.79. The van der Waals surface area contributed by atoms with Crippen molar-refractivity contribution in [1.82, 2.24) is 15.1 Å². The highest BCUT2D eigenvalue weighted by Gasteiger charge is 2.43. The first-order valence-electron chi connectivity index (χ1n) is 13.2.